The fraction of sp³-hybridized carbons (Fsp3) is 0.447. The first-order chi connectivity index (χ1) is 21.3. The summed E-state index contributed by atoms with van der Waals surface area (Å²) in [4.78, 5) is 2.42. The molecule has 0 N–H and O–H groups in total. The van der Waals surface area contributed by atoms with Crippen molar-refractivity contribution in [1.29, 1.82) is 0 Å². The van der Waals surface area contributed by atoms with Gasteiger partial charge in [0.15, 0.2) is 12.3 Å². The molecule has 240 valence electrons. The minimum absolute atomic E-state index is 0. The van der Waals surface area contributed by atoms with E-state index in [1.54, 1.807) is 0 Å². The highest BCUT2D eigenvalue weighted by Gasteiger charge is 2.44. The molecule has 0 spiro atoms. The number of benzene rings is 2. The Hall–Kier alpha value is -2.23. The van der Waals surface area contributed by atoms with Crippen molar-refractivity contribution in [2.45, 2.75) is 57.8 Å². The standard InChI is InChI=1S/C38H46ClN2O3.HI/c1-37(2)30-12-5-7-14-32(30)40-20-22-42-24-26-44-27-25-43-23-21-41-33-15-8-6-13-31(33)38(3,4)35(41)19-17-29-11-9-10-28(36(29)39)16-18-34(37)40;/h5-8,12-19H,9-11,20-27H2,1-4H3;1H/q+1;/p-1. The molecule has 3 heterocycles. The van der Waals surface area contributed by atoms with Crippen molar-refractivity contribution in [3.05, 3.63) is 106 Å². The Morgan fingerprint density at radius 1 is 0.733 bits per heavy atom. The molecule has 0 radical (unpaired) electrons. The molecular weight excluding hydrogens is 695 g/mol. The normalized spacial score (nSPS) is 25.1. The molecule has 45 heavy (non-hydrogen) atoms. The van der Waals surface area contributed by atoms with Crippen LogP contribution >= 0.6 is 11.6 Å². The zero-order valence-corrected chi connectivity index (χ0v) is 30.0. The van der Waals surface area contributed by atoms with Crippen molar-refractivity contribution in [2.75, 3.05) is 57.6 Å². The van der Waals surface area contributed by atoms with Gasteiger partial charge in [-0.05, 0) is 62.0 Å². The number of anilines is 1. The quantitative estimate of drug-likeness (QED) is 0.283. The molecule has 0 aromatic heterocycles. The summed E-state index contributed by atoms with van der Waals surface area (Å²) < 4.78 is 20.3. The fourth-order valence-corrected chi connectivity index (χ4v) is 7.50. The first-order valence-corrected chi connectivity index (χ1v) is 16.5. The van der Waals surface area contributed by atoms with E-state index in [2.05, 4.69) is 110 Å². The van der Waals surface area contributed by atoms with Crippen LogP contribution in [0.4, 0.5) is 11.4 Å². The lowest BCUT2D eigenvalue weighted by molar-refractivity contribution is -0.442. The van der Waals surface area contributed by atoms with Crippen LogP contribution in [0.15, 0.2) is 94.7 Å². The summed E-state index contributed by atoms with van der Waals surface area (Å²) in [6.07, 6.45) is 12.2. The lowest BCUT2D eigenvalue weighted by atomic mass is 9.81. The smallest absolute Gasteiger partial charge is 0.209 e. The van der Waals surface area contributed by atoms with Crippen LogP contribution in [0.3, 0.4) is 0 Å². The van der Waals surface area contributed by atoms with Gasteiger partial charge < -0.3 is 43.1 Å². The van der Waals surface area contributed by atoms with Crippen LogP contribution in [0.25, 0.3) is 0 Å². The summed E-state index contributed by atoms with van der Waals surface area (Å²) >= 11 is 7.18. The first kappa shape index (κ1) is 34.1. The molecule has 2 aromatic carbocycles. The Labute approximate surface area is 291 Å². The molecule has 1 aliphatic carbocycles. The molecule has 2 bridgehead atoms. The van der Waals surface area contributed by atoms with Gasteiger partial charge in [-0.25, -0.2) is 0 Å². The third kappa shape index (κ3) is 6.91. The van der Waals surface area contributed by atoms with E-state index in [1.807, 2.05) is 0 Å². The van der Waals surface area contributed by atoms with Crippen molar-refractivity contribution in [1.82, 2.24) is 0 Å². The Bertz CT molecular complexity index is 1550. The van der Waals surface area contributed by atoms with Crippen LogP contribution in [0.2, 0.25) is 0 Å². The molecule has 0 saturated carbocycles. The second-order valence-corrected chi connectivity index (χ2v) is 13.5. The van der Waals surface area contributed by atoms with Gasteiger partial charge in [0.1, 0.15) is 6.61 Å². The number of ether oxygens (including phenoxy) is 3. The Morgan fingerprint density at radius 2 is 1.40 bits per heavy atom. The number of fused-ring (bicyclic) bond motifs is 6. The summed E-state index contributed by atoms with van der Waals surface area (Å²) in [6, 6.07) is 17.5. The van der Waals surface area contributed by atoms with Gasteiger partial charge in [-0.2, -0.15) is 4.58 Å². The molecule has 0 fully saturated rings. The van der Waals surface area contributed by atoms with E-state index in [1.165, 1.54) is 45.1 Å². The fourth-order valence-electron chi connectivity index (χ4n) is 7.18. The molecular formula is C38H46ClIN2O3. The van der Waals surface area contributed by atoms with Crippen molar-refractivity contribution in [2.24, 2.45) is 0 Å². The maximum absolute atomic E-state index is 7.18. The highest BCUT2D eigenvalue weighted by molar-refractivity contribution is 6.32. The minimum atomic E-state index is -0.124. The Morgan fingerprint density at radius 3 is 2.18 bits per heavy atom. The first-order valence-electron chi connectivity index (χ1n) is 16.1. The molecule has 0 amide bonds. The van der Waals surface area contributed by atoms with Crippen LogP contribution in [0.1, 0.15) is 58.1 Å². The Balaban J connectivity index is 0.00000400. The number of rotatable bonds is 0. The van der Waals surface area contributed by atoms with E-state index in [0.717, 1.165) is 37.4 Å². The largest absolute Gasteiger partial charge is 1.00 e. The maximum Gasteiger partial charge on any atom is 0.209 e. The average Bonchev–Trinajstić information content (AvgIpc) is 3.36. The van der Waals surface area contributed by atoms with E-state index < -0.39 is 0 Å². The molecule has 0 saturated heterocycles. The molecule has 7 heteroatoms. The van der Waals surface area contributed by atoms with E-state index in [0.29, 0.717) is 39.6 Å². The van der Waals surface area contributed by atoms with Gasteiger partial charge in [0.2, 0.25) is 5.69 Å². The number of hydrogen-bond donors (Lipinski definition) is 0. The van der Waals surface area contributed by atoms with Crippen molar-refractivity contribution < 1.29 is 42.8 Å². The molecule has 6 rings (SSSR count). The third-order valence-electron chi connectivity index (χ3n) is 9.60. The average molecular weight is 741 g/mol. The summed E-state index contributed by atoms with van der Waals surface area (Å²) in [5.74, 6) is 0. The monoisotopic (exact) mass is 740 g/mol. The van der Waals surface area contributed by atoms with Crippen molar-refractivity contribution >= 4 is 28.7 Å². The number of allylic oxidation sites excluding steroid dienone is 8. The van der Waals surface area contributed by atoms with Gasteiger partial charge in [-0.1, -0.05) is 74.0 Å². The van der Waals surface area contributed by atoms with Gasteiger partial charge in [-0.15, -0.1) is 0 Å². The summed E-state index contributed by atoms with van der Waals surface area (Å²) in [6.45, 7) is 14.3. The highest BCUT2D eigenvalue weighted by Crippen LogP contribution is 2.48. The minimum Gasteiger partial charge on any atom is -1.00 e. The number of nitrogens with zero attached hydrogens (tertiary/aromatic N) is 2. The van der Waals surface area contributed by atoms with E-state index in [9.17, 15) is 0 Å². The van der Waals surface area contributed by atoms with E-state index >= 15 is 0 Å². The van der Waals surface area contributed by atoms with Gasteiger partial charge in [0.05, 0.1) is 38.4 Å². The number of halogens is 2. The third-order valence-corrected chi connectivity index (χ3v) is 10.1. The van der Waals surface area contributed by atoms with Crippen molar-refractivity contribution in [3.63, 3.8) is 0 Å². The number of hydrogen-bond acceptors (Lipinski definition) is 4. The van der Waals surface area contributed by atoms with E-state index in [4.69, 9.17) is 25.8 Å². The Kier molecular flexibility index (Phi) is 11.1. The SMILES string of the molecule is CC1(C)C2=[N+](CCOCCOCCOCCN3/C(=C/C=C4\CCCC(=C4Cl)/C=C/2)C(C)(C)c2ccccc23)c2ccccc21.[I-]. The zero-order valence-electron chi connectivity index (χ0n) is 27.1. The lowest BCUT2D eigenvalue weighted by Gasteiger charge is -2.27. The van der Waals surface area contributed by atoms with Gasteiger partial charge in [-0.3, -0.25) is 0 Å². The molecule has 3 aliphatic heterocycles. The van der Waals surface area contributed by atoms with Crippen LogP contribution in [-0.2, 0) is 25.0 Å². The summed E-state index contributed by atoms with van der Waals surface area (Å²) in [7, 11) is 0. The number of para-hydroxylation sites is 2. The molecule has 2 aromatic rings. The summed E-state index contributed by atoms with van der Waals surface area (Å²) in [5, 5.41) is 0.887. The summed E-state index contributed by atoms with van der Waals surface area (Å²) in [5.41, 5.74) is 9.90. The topological polar surface area (TPSA) is 33.9 Å². The van der Waals surface area contributed by atoms with Crippen molar-refractivity contribution in [3.8, 4) is 0 Å². The van der Waals surface area contributed by atoms with Crippen LogP contribution in [0, 0.1) is 0 Å². The van der Waals surface area contributed by atoms with Crippen LogP contribution < -0.4 is 28.9 Å². The van der Waals surface area contributed by atoms with Gasteiger partial charge in [0.25, 0.3) is 0 Å². The van der Waals surface area contributed by atoms with E-state index in [-0.39, 0.29) is 34.8 Å². The maximum atomic E-state index is 7.18. The predicted molar refractivity (Wildman–Crippen MR) is 181 cm³/mol. The van der Waals surface area contributed by atoms with Gasteiger partial charge >= 0.3 is 0 Å². The second kappa shape index (κ2) is 14.7. The molecule has 0 atom stereocenters. The molecule has 5 nitrogen and oxygen atoms in total. The lowest BCUT2D eigenvalue weighted by Crippen LogP contribution is -3.00. The predicted octanol–water partition coefficient (Wildman–Crippen LogP) is 4.97. The highest BCUT2D eigenvalue weighted by atomic mass is 127. The van der Waals surface area contributed by atoms with Crippen LogP contribution in [0.5, 0.6) is 0 Å². The molecule has 4 aliphatic rings. The van der Waals surface area contributed by atoms with Gasteiger partial charge in [0, 0.05) is 46.1 Å². The molecule has 0 unspecified atom stereocenters. The second-order valence-electron chi connectivity index (χ2n) is 13.1. The van der Waals surface area contributed by atoms with Crippen LogP contribution in [-0.4, -0.2) is 63.0 Å². The zero-order chi connectivity index (χ0) is 30.7.